The van der Waals surface area contributed by atoms with Crippen molar-refractivity contribution in [2.24, 2.45) is 11.7 Å². The van der Waals surface area contributed by atoms with Gasteiger partial charge in [0.15, 0.2) is 0 Å². The lowest BCUT2D eigenvalue weighted by Crippen LogP contribution is -2.57. The van der Waals surface area contributed by atoms with Gasteiger partial charge in [-0.1, -0.05) is 6.92 Å². The molecule has 0 spiro atoms. The Morgan fingerprint density at radius 1 is 1.47 bits per heavy atom. The van der Waals surface area contributed by atoms with Gasteiger partial charge in [0.25, 0.3) is 0 Å². The summed E-state index contributed by atoms with van der Waals surface area (Å²) in [6.07, 6.45) is 0.981. The smallest absolute Gasteiger partial charge is 0.242 e. The molecule has 5 heteroatoms. The number of amides is 2. The molecule has 86 valence electrons. The highest BCUT2D eigenvalue weighted by atomic mass is 16.2. The van der Waals surface area contributed by atoms with Crippen molar-refractivity contribution in [3.8, 4) is 0 Å². The van der Waals surface area contributed by atoms with Crippen LogP contribution in [0, 0.1) is 5.92 Å². The first-order valence-electron chi connectivity index (χ1n) is 5.20. The Labute approximate surface area is 89.8 Å². The molecule has 15 heavy (non-hydrogen) atoms. The van der Waals surface area contributed by atoms with Crippen LogP contribution in [-0.2, 0) is 9.59 Å². The largest absolute Gasteiger partial charge is 0.368 e. The van der Waals surface area contributed by atoms with Crippen LogP contribution in [0.25, 0.3) is 0 Å². The van der Waals surface area contributed by atoms with E-state index >= 15 is 0 Å². The van der Waals surface area contributed by atoms with E-state index in [0.29, 0.717) is 5.92 Å². The Morgan fingerprint density at radius 3 is 2.47 bits per heavy atom. The molecule has 1 aliphatic rings. The second kappa shape index (κ2) is 4.18. The van der Waals surface area contributed by atoms with Crippen LogP contribution in [0.3, 0.4) is 0 Å². The first kappa shape index (κ1) is 12.0. The van der Waals surface area contributed by atoms with Gasteiger partial charge in [0.05, 0.1) is 6.04 Å². The fraction of sp³-hybridized carbons (Fsp3) is 0.800. The van der Waals surface area contributed by atoms with E-state index < -0.39 is 11.4 Å². The molecular formula is C10H19N3O2. The minimum atomic E-state index is -0.985. The Hall–Kier alpha value is -1.10. The minimum Gasteiger partial charge on any atom is -0.368 e. The van der Waals surface area contributed by atoms with E-state index in [4.69, 9.17) is 5.73 Å². The molecule has 0 aromatic rings. The standard InChI is InChI=1S/C10H19N3O2/c1-6-4-5-12-7(6)8(14)13-10(2,3)9(11)15/h6-7,12H,4-5H2,1-3H3,(H2,11,15)(H,13,14). The normalized spacial score (nSPS) is 26.3. The Kier molecular flexibility index (Phi) is 3.34. The van der Waals surface area contributed by atoms with Gasteiger partial charge >= 0.3 is 0 Å². The maximum absolute atomic E-state index is 11.8. The lowest BCUT2D eigenvalue weighted by Gasteiger charge is -2.25. The van der Waals surface area contributed by atoms with Crippen molar-refractivity contribution < 1.29 is 9.59 Å². The van der Waals surface area contributed by atoms with E-state index in [-0.39, 0.29) is 11.9 Å². The molecular weight excluding hydrogens is 194 g/mol. The van der Waals surface area contributed by atoms with E-state index in [1.54, 1.807) is 13.8 Å². The predicted octanol–water partition coefficient (Wildman–Crippen LogP) is -0.635. The van der Waals surface area contributed by atoms with Gasteiger partial charge in [-0.3, -0.25) is 9.59 Å². The summed E-state index contributed by atoms with van der Waals surface area (Å²) in [6, 6.07) is -0.205. The fourth-order valence-electron chi connectivity index (χ4n) is 1.63. The molecule has 0 radical (unpaired) electrons. The van der Waals surface area contributed by atoms with Crippen molar-refractivity contribution in [2.45, 2.75) is 38.8 Å². The maximum Gasteiger partial charge on any atom is 0.242 e. The van der Waals surface area contributed by atoms with Crippen molar-refractivity contribution in [1.29, 1.82) is 0 Å². The SMILES string of the molecule is CC1CCNC1C(=O)NC(C)(C)C(N)=O. The van der Waals surface area contributed by atoms with Crippen LogP contribution in [0.2, 0.25) is 0 Å². The number of primary amides is 1. The van der Waals surface area contributed by atoms with E-state index in [2.05, 4.69) is 10.6 Å². The maximum atomic E-state index is 11.8. The van der Waals surface area contributed by atoms with Crippen LogP contribution in [-0.4, -0.2) is 29.9 Å². The molecule has 1 aliphatic heterocycles. The van der Waals surface area contributed by atoms with E-state index in [1.807, 2.05) is 6.92 Å². The molecule has 0 aliphatic carbocycles. The quantitative estimate of drug-likeness (QED) is 0.583. The topological polar surface area (TPSA) is 84.2 Å². The predicted molar refractivity (Wildman–Crippen MR) is 57.0 cm³/mol. The van der Waals surface area contributed by atoms with Crippen LogP contribution in [0.15, 0.2) is 0 Å². The summed E-state index contributed by atoms with van der Waals surface area (Å²) < 4.78 is 0. The average molecular weight is 213 g/mol. The van der Waals surface area contributed by atoms with Gasteiger partial charge in [-0.25, -0.2) is 0 Å². The van der Waals surface area contributed by atoms with Gasteiger partial charge in [-0.05, 0) is 32.7 Å². The van der Waals surface area contributed by atoms with Gasteiger partial charge in [-0.2, -0.15) is 0 Å². The third kappa shape index (κ3) is 2.68. The molecule has 0 bridgehead atoms. The summed E-state index contributed by atoms with van der Waals surface area (Å²) in [5, 5.41) is 5.76. The van der Waals surface area contributed by atoms with E-state index in [1.165, 1.54) is 0 Å². The van der Waals surface area contributed by atoms with Gasteiger partial charge < -0.3 is 16.4 Å². The number of rotatable bonds is 3. The number of carbonyl (C=O) groups excluding carboxylic acids is 2. The third-order valence-corrected chi connectivity index (χ3v) is 2.87. The molecule has 0 aromatic heterocycles. The van der Waals surface area contributed by atoms with Crippen LogP contribution >= 0.6 is 0 Å². The molecule has 1 rings (SSSR count). The number of carbonyl (C=O) groups is 2. The summed E-state index contributed by atoms with van der Waals surface area (Å²) in [4.78, 5) is 22.8. The molecule has 1 heterocycles. The number of nitrogens with one attached hydrogen (secondary N) is 2. The first-order valence-corrected chi connectivity index (χ1v) is 5.20. The average Bonchev–Trinajstić information content (AvgIpc) is 2.50. The second-order valence-corrected chi connectivity index (χ2v) is 4.68. The molecule has 5 nitrogen and oxygen atoms in total. The second-order valence-electron chi connectivity index (χ2n) is 4.68. The summed E-state index contributed by atoms with van der Waals surface area (Å²) >= 11 is 0. The van der Waals surface area contributed by atoms with Crippen LogP contribution in [0.5, 0.6) is 0 Å². The van der Waals surface area contributed by atoms with Crippen molar-refractivity contribution in [1.82, 2.24) is 10.6 Å². The molecule has 1 fully saturated rings. The van der Waals surface area contributed by atoms with Crippen molar-refractivity contribution in [3.05, 3.63) is 0 Å². The zero-order chi connectivity index (χ0) is 11.6. The third-order valence-electron chi connectivity index (χ3n) is 2.87. The van der Waals surface area contributed by atoms with Crippen molar-refractivity contribution in [3.63, 3.8) is 0 Å². The molecule has 0 aromatic carbocycles. The highest BCUT2D eigenvalue weighted by Crippen LogP contribution is 2.15. The Balaban J connectivity index is 2.59. The number of hydrogen-bond donors (Lipinski definition) is 3. The molecule has 2 amide bonds. The molecule has 4 N–H and O–H groups in total. The summed E-state index contributed by atoms with van der Waals surface area (Å²) in [5.41, 5.74) is 4.19. The van der Waals surface area contributed by atoms with Gasteiger partial charge in [0.1, 0.15) is 5.54 Å². The van der Waals surface area contributed by atoms with Crippen LogP contribution < -0.4 is 16.4 Å². The summed E-state index contributed by atoms with van der Waals surface area (Å²) in [7, 11) is 0. The lowest BCUT2D eigenvalue weighted by atomic mass is 9.99. The summed E-state index contributed by atoms with van der Waals surface area (Å²) in [6.45, 7) is 6.07. The zero-order valence-electron chi connectivity index (χ0n) is 9.46. The minimum absolute atomic E-state index is 0.149. The zero-order valence-corrected chi connectivity index (χ0v) is 9.46. The first-order chi connectivity index (χ1) is 6.84. The highest BCUT2D eigenvalue weighted by Gasteiger charge is 2.34. The van der Waals surface area contributed by atoms with Crippen molar-refractivity contribution >= 4 is 11.8 Å². The van der Waals surface area contributed by atoms with Crippen LogP contribution in [0.1, 0.15) is 27.2 Å². The number of hydrogen-bond acceptors (Lipinski definition) is 3. The van der Waals surface area contributed by atoms with E-state index in [9.17, 15) is 9.59 Å². The van der Waals surface area contributed by atoms with Gasteiger partial charge in [0, 0.05) is 0 Å². The Morgan fingerprint density at radius 2 is 2.07 bits per heavy atom. The van der Waals surface area contributed by atoms with Gasteiger partial charge in [0.2, 0.25) is 11.8 Å². The molecule has 0 saturated carbocycles. The summed E-state index contributed by atoms with van der Waals surface area (Å²) in [5.74, 6) is -0.376. The molecule has 2 atom stereocenters. The van der Waals surface area contributed by atoms with Gasteiger partial charge in [-0.15, -0.1) is 0 Å². The van der Waals surface area contributed by atoms with E-state index in [0.717, 1.165) is 13.0 Å². The number of nitrogens with two attached hydrogens (primary N) is 1. The molecule has 2 unspecified atom stereocenters. The monoisotopic (exact) mass is 213 g/mol. The highest BCUT2D eigenvalue weighted by molar-refractivity contribution is 5.91. The van der Waals surface area contributed by atoms with Crippen LogP contribution in [0.4, 0.5) is 0 Å². The van der Waals surface area contributed by atoms with Crippen molar-refractivity contribution in [2.75, 3.05) is 6.54 Å². The lowest BCUT2D eigenvalue weighted by molar-refractivity contribution is -0.131. The molecule has 1 saturated heterocycles. The Bertz CT molecular complexity index is 276. The fourth-order valence-corrected chi connectivity index (χ4v) is 1.63.